The highest BCUT2D eigenvalue weighted by molar-refractivity contribution is 9.10. The van der Waals surface area contributed by atoms with Crippen LogP contribution >= 0.6 is 39.1 Å². The van der Waals surface area contributed by atoms with Crippen LogP contribution in [-0.4, -0.2) is 5.11 Å². The predicted molar refractivity (Wildman–Crippen MR) is 80.9 cm³/mol. The van der Waals surface area contributed by atoms with Gasteiger partial charge in [-0.25, -0.2) is 0 Å². The number of hydrogen-bond donors (Lipinski definition) is 1. The largest absolute Gasteiger partial charge is 0.489 e. The highest BCUT2D eigenvalue weighted by atomic mass is 79.9. The van der Waals surface area contributed by atoms with Crippen molar-refractivity contribution < 1.29 is 9.84 Å². The van der Waals surface area contributed by atoms with Gasteiger partial charge in [-0.05, 0) is 41.5 Å². The fraction of sp³-hybridized carbons (Fsp3) is 0.143. The molecule has 2 aromatic rings. The average molecular weight is 362 g/mol. The van der Waals surface area contributed by atoms with Gasteiger partial charge >= 0.3 is 0 Å². The Hall–Kier alpha value is -0.740. The van der Waals surface area contributed by atoms with Crippen LogP contribution in [0.4, 0.5) is 0 Å². The Kier molecular flexibility index (Phi) is 5.11. The van der Waals surface area contributed by atoms with Gasteiger partial charge < -0.3 is 9.84 Å². The summed E-state index contributed by atoms with van der Waals surface area (Å²) < 4.78 is 6.51. The van der Waals surface area contributed by atoms with E-state index in [4.69, 9.17) is 27.9 Å². The summed E-state index contributed by atoms with van der Waals surface area (Å²) in [5.74, 6) is 0.693. The lowest BCUT2D eigenvalue weighted by Crippen LogP contribution is -1.96. The molecule has 0 aliphatic heterocycles. The molecule has 0 aliphatic rings. The molecule has 0 saturated carbocycles. The minimum absolute atomic E-state index is 0.0371. The molecule has 0 heterocycles. The quantitative estimate of drug-likeness (QED) is 0.845. The molecule has 0 radical (unpaired) electrons. The van der Waals surface area contributed by atoms with Crippen molar-refractivity contribution in [3.05, 3.63) is 62.0 Å². The average Bonchev–Trinajstić information content (AvgIpc) is 2.41. The SMILES string of the molecule is OCc1cc(OCc2ccc(Cl)c(Cl)c2)ccc1Br. The molecule has 0 spiro atoms. The van der Waals surface area contributed by atoms with E-state index in [1.807, 2.05) is 18.2 Å². The van der Waals surface area contributed by atoms with E-state index in [1.54, 1.807) is 18.2 Å². The molecular formula is C14H11BrCl2O2. The van der Waals surface area contributed by atoms with Crippen LogP contribution < -0.4 is 4.74 Å². The third-order valence-corrected chi connectivity index (χ3v) is 4.09. The number of benzene rings is 2. The molecule has 0 aromatic heterocycles. The van der Waals surface area contributed by atoms with Gasteiger partial charge in [0.15, 0.2) is 0 Å². The number of hydrogen-bond acceptors (Lipinski definition) is 2. The molecule has 0 saturated heterocycles. The number of ether oxygens (including phenoxy) is 1. The predicted octanol–water partition coefficient (Wildman–Crippen LogP) is 4.83. The van der Waals surface area contributed by atoms with Gasteiger partial charge in [-0.15, -0.1) is 0 Å². The van der Waals surface area contributed by atoms with Crippen molar-refractivity contribution >= 4 is 39.1 Å². The maximum atomic E-state index is 9.18. The lowest BCUT2D eigenvalue weighted by atomic mass is 10.2. The molecular weight excluding hydrogens is 351 g/mol. The van der Waals surface area contributed by atoms with Gasteiger partial charge in [-0.1, -0.05) is 45.2 Å². The van der Waals surface area contributed by atoms with Gasteiger partial charge in [0.1, 0.15) is 12.4 Å². The Bertz CT molecular complexity index is 588. The summed E-state index contributed by atoms with van der Waals surface area (Å²) in [6, 6.07) is 10.8. The lowest BCUT2D eigenvalue weighted by molar-refractivity contribution is 0.277. The van der Waals surface area contributed by atoms with Gasteiger partial charge in [0.2, 0.25) is 0 Å². The standard InChI is InChI=1S/C14H11BrCl2O2/c15-12-3-2-11(6-10(12)7-18)19-8-9-1-4-13(16)14(17)5-9/h1-6,18H,7-8H2. The summed E-state index contributed by atoms with van der Waals surface area (Å²) in [7, 11) is 0. The molecule has 2 rings (SSSR count). The summed E-state index contributed by atoms with van der Waals surface area (Å²) >= 11 is 15.1. The zero-order chi connectivity index (χ0) is 13.8. The van der Waals surface area contributed by atoms with E-state index in [-0.39, 0.29) is 6.61 Å². The Morgan fingerprint density at radius 2 is 1.84 bits per heavy atom. The Morgan fingerprint density at radius 1 is 1.05 bits per heavy atom. The minimum Gasteiger partial charge on any atom is -0.489 e. The van der Waals surface area contributed by atoms with Gasteiger partial charge in [-0.2, -0.15) is 0 Å². The van der Waals surface area contributed by atoms with Gasteiger partial charge in [0.25, 0.3) is 0 Å². The number of aliphatic hydroxyl groups is 1. The second-order valence-electron chi connectivity index (χ2n) is 3.95. The van der Waals surface area contributed by atoms with E-state index in [9.17, 15) is 5.11 Å². The van der Waals surface area contributed by atoms with E-state index in [0.717, 1.165) is 15.6 Å². The van der Waals surface area contributed by atoms with Gasteiger partial charge in [-0.3, -0.25) is 0 Å². The first-order valence-electron chi connectivity index (χ1n) is 5.56. The molecule has 19 heavy (non-hydrogen) atoms. The Morgan fingerprint density at radius 3 is 2.53 bits per heavy atom. The number of halogens is 3. The zero-order valence-corrected chi connectivity index (χ0v) is 13.0. The second kappa shape index (κ2) is 6.62. The fourth-order valence-electron chi connectivity index (χ4n) is 1.56. The lowest BCUT2D eigenvalue weighted by Gasteiger charge is -2.09. The van der Waals surface area contributed by atoms with Crippen LogP contribution in [0.1, 0.15) is 11.1 Å². The van der Waals surface area contributed by atoms with Crippen LogP contribution in [0.5, 0.6) is 5.75 Å². The van der Waals surface area contributed by atoms with Crippen LogP contribution in [0, 0.1) is 0 Å². The molecule has 0 amide bonds. The molecule has 1 N–H and O–H groups in total. The first-order chi connectivity index (χ1) is 9.10. The van der Waals surface area contributed by atoms with E-state index in [0.29, 0.717) is 22.4 Å². The number of rotatable bonds is 4. The van der Waals surface area contributed by atoms with Crippen molar-refractivity contribution in [2.45, 2.75) is 13.2 Å². The topological polar surface area (TPSA) is 29.5 Å². The van der Waals surface area contributed by atoms with E-state index < -0.39 is 0 Å². The van der Waals surface area contributed by atoms with Gasteiger partial charge in [0.05, 0.1) is 16.7 Å². The highest BCUT2D eigenvalue weighted by Gasteiger charge is 2.03. The molecule has 100 valence electrons. The number of aliphatic hydroxyl groups excluding tert-OH is 1. The van der Waals surface area contributed by atoms with Crippen molar-refractivity contribution in [3.8, 4) is 5.75 Å². The fourth-order valence-corrected chi connectivity index (χ4v) is 2.25. The van der Waals surface area contributed by atoms with Crippen LogP contribution in [0.15, 0.2) is 40.9 Å². The second-order valence-corrected chi connectivity index (χ2v) is 5.62. The Balaban J connectivity index is 2.07. The molecule has 0 fully saturated rings. The summed E-state index contributed by atoms with van der Waals surface area (Å²) in [6.45, 7) is 0.355. The van der Waals surface area contributed by atoms with Crippen LogP contribution in [0.2, 0.25) is 10.0 Å². The van der Waals surface area contributed by atoms with Crippen LogP contribution in [0.3, 0.4) is 0 Å². The van der Waals surface area contributed by atoms with Crippen molar-refractivity contribution in [2.75, 3.05) is 0 Å². The van der Waals surface area contributed by atoms with E-state index >= 15 is 0 Å². The van der Waals surface area contributed by atoms with Crippen molar-refractivity contribution in [3.63, 3.8) is 0 Å². The normalized spacial score (nSPS) is 10.5. The first-order valence-corrected chi connectivity index (χ1v) is 7.11. The highest BCUT2D eigenvalue weighted by Crippen LogP contribution is 2.25. The van der Waals surface area contributed by atoms with Crippen LogP contribution in [-0.2, 0) is 13.2 Å². The summed E-state index contributed by atoms with van der Waals surface area (Å²) in [6.07, 6.45) is 0. The molecule has 0 bridgehead atoms. The molecule has 0 unspecified atom stereocenters. The Labute approximate surface area is 130 Å². The zero-order valence-electron chi connectivity index (χ0n) is 9.87. The van der Waals surface area contributed by atoms with Crippen molar-refractivity contribution in [1.82, 2.24) is 0 Å². The van der Waals surface area contributed by atoms with Crippen molar-refractivity contribution in [1.29, 1.82) is 0 Å². The molecule has 0 atom stereocenters. The summed E-state index contributed by atoms with van der Waals surface area (Å²) in [5.41, 5.74) is 1.72. The first kappa shape index (κ1) is 14.7. The third kappa shape index (κ3) is 3.86. The minimum atomic E-state index is -0.0371. The maximum absolute atomic E-state index is 9.18. The van der Waals surface area contributed by atoms with E-state index in [1.165, 1.54) is 0 Å². The van der Waals surface area contributed by atoms with Crippen LogP contribution in [0.25, 0.3) is 0 Å². The maximum Gasteiger partial charge on any atom is 0.120 e. The van der Waals surface area contributed by atoms with Crippen molar-refractivity contribution in [2.24, 2.45) is 0 Å². The third-order valence-electron chi connectivity index (χ3n) is 2.58. The van der Waals surface area contributed by atoms with Gasteiger partial charge in [0, 0.05) is 4.47 Å². The molecule has 0 aliphatic carbocycles. The summed E-state index contributed by atoms with van der Waals surface area (Å²) in [5, 5.41) is 10.2. The smallest absolute Gasteiger partial charge is 0.120 e. The van der Waals surface area contributed by atoms with E-state index in [2.05, 4.69) is 15.9 Å². The monoisotopic (exact) mass is 360 g/mol. The molecule has 5 heteroatoms. The molecule has 2 aromatic carbocycles. The molecule has 2 nitrogen and oxygen atoms in total. The summed E-state index contributed by atoms with van der Waals surface area (Å²) in [4.78, 5) is 0.